The molecule has 3 heteroatoms. The molecule has 16 heavy (non-hydrogen) atoms. The van der Waals surface area contributed by atoms with Crippen molar-refractivity contribution in [2.75, 3.05) is 13.2 Å². The molecule has 0 radical (unpaired) electrons. The van der Waals surface area contributed by atoms with Crippen LogP contribution in [0.2, 0.25) is 0 Å². The molecule has 1 aromatic heterocycles. The molecule has 1 unspecified atom stereocenters. The SMILES string of the molecule is NCC(OCCC1CCC1)c1ccccn1. The first-order chi connectivity index (χ1) is 7.90. The maximum absolute atomic E-state index is 5.80. The first kappa shape index (κ1) is 11.6. The van der Waals surface area contributed by atoms with Crippen LogP contribution in [0.25, 0.3) is 0 Å². The van der Waals surface area contributed by atoms with Gasteiger partial charge in [-0.25, -0.2) is 0 Å². The van der Waals surface area contributed by atoms with Crippen LogP contribution in [-0.4, -0.2) is 18.1 Å². The summed E-state index contributed by atoms with van der Waals surface area (Å²) in [4.78, 5) is 4.28. The predicted octanol–water partition coefficient (Wildman–Crippen LogP) is 2.29. The van der Waals surface area contributed by atoms with Gasteiger partial charge in [-0.2, -0.15) is 0 Å². The van der Waals surface area contributed by atoms with E-state index >= 15 is 0 Å². The van der Waals surface area contributed by atoms with Crippen LogP contribution < -0.4 is 5.73 Å². The van der Waals surface area contributed by atoms with E-state index in [1.807, 2.05) is 18.2 Å². The molecule has 0 saturated heterocycles. The second kappa shape index (κ2) is 5.97. The molecule has 1 atom stereocenters. The smallest absolute Gasteiger partial charge is 0.112 e. The highest BCUT2D eigenvalue weighted by molar-refractivity contribution is 5.07. The minimum absolute atomic E-state index is 0.0405. The molecule has 1 heterocycles. The van der Waals surface area contributed by atoms with Crippen molar-refractivity contribution in [2.24, 2.45) is 11.7 Å². The van der Waals surface area contributed by atoms with Crippen molar-refractivity contribution in [2.45, 2.75) is 31.8 Å². The third kappa shape index (κ3) is 3.03. The van der Waals surface area contributed by atoms with Gasteiger partial charge in [0.05, 0.1) is 5.69 Å². The molecular formula is C13H20N2O. The molecule has 0 aliphatic heterocycles. The number of rotatable bonds is 6. The van der Waals surface area contributed by atoms with Crippen molar-refractivity contribution >= 4 is 0 Å². The lowest BCUT2D eigenvalue weighted by Gasteiger charge is -2.26. The lowest BCUT2D eigenvalue weighted by Crippen LogP contribution is -2.20. The molecule has 2 N–H and O–H groups in total. The third-order valence-electron chi connectivity index (χ3n) is 3.30. The van der Waals surface area contributed by atoms with E-state index in [1.54, 1.807) is 6.20 Å². The fourth-order valence-electron chi connectivity index (χ4n) is 2.00. The van der Waals surface area contributed by atoms with E-state index in [-0.39, 0.29) is 6.10 Å². The molecular weight excluding hydrogens is 200 g/mol. The molecule has 3 nitrogen and oxygen atoms in total. The van der Waals surface area contributed by atoms with Crippen molar-refractivity contribution in [3.63, 3.8) is 0 Å². The van der Waals surface area contributed by atoms with Gasteiger partial charge in [-0.1, -0.05) is 25.3 Å². The molecule has 2 rings (SSSR count). The number of hydrogen-bond acceptors (Lipinski definition) is 3. The van der Waals surface area contributed by atoms with Gasteiger partial charge in [-0.15, -0.1) is 0 Å². The topological polar surface area (TPSA) is 48.1 Å². The van der Waals surface area contributed by atoms with Gasteiger partial charge in [-0.3, -0.25) is 4.98 Å². The van der Waals surface area contributed by atoms with Crippen molar-refractivity contribution in [3.05, 3.63) is 30.1 Å². The lowest BCUT2D eigenvalue weighted by molar-refractivity contribution is 0.0399. The number of nitrogens with two attached hydrogens (primary N) is 1. The Kier molecular flexibility index (Phi) is 4.31. The lowest BCUT2D eigenvalue weighted by atomic mass is 9.83. The Morgan fingerprint density at radius 2 is 2.31 bits per heavy atom. The first-order valence-corrected chi connectivity index (χ1v) is 6.12. The maximum atomic E-state index is 5.80. The molecule has 88 valence electrons. The monoisotopic (exact) mass is 220 g/mol. The summed E-state index contributed by atoms with van der Waals surface area (Å²) in [6, 6.07) is 5.85. The average molecular weight is 220 g/mol. The van der Waals surface area contributed by atoms with Crippen LogP contribution >= 0.6 is 0 Å². The fourth-order valence-corrected chi connectivity index (χ4v) is 2.00. The van der Waals surface area contributed by atoms with Gasteiger partial charge in [0.25, 0.3) is 0 Å². The normalized spacial score (nSPS) is 18.1. The van der Waals surface area contributed by atoms with Gasteiger partial charge >= 0.3 is 0 Å². The van der Waals surface area contributed by atoms with Crippen LogP contribution in [0.3, 0.4) is 0 Å². The van der Waals surface area contributed by atoms with Gasteiger partial charge in [0.1, 0.15) is 6.10 Å². The van der Waals surface area contributed by atoms with Crippen LogP contribution in [0.1, 0.15) is 37.5 Å². The summed E-state index contributed by atoms with van der Waals surface area (Å²) in [5, 5.41) is 0. The van der Waals surface area contributed by atoms with Crippen molar-refractivity contribution in [1.82, 2.24) is 4.98 Å². The summed E-state index contributed by atoms with van der Waals surface area (Å²) < 4.78 is 5.80. The minimum atomic E-state index is -0.0405. The van der Waals surface area contributed by atoms with E-state index in [9.17, 15) is 0 Å². The molecule has 1 fully saturated rings. The maximum Gasteiger partial charge on any atom is 0.112 e. The number of aromatic nitrogens is 1. The highest BCUT2D eigenvalue weighted by Gasteiger charge is 2.18. The van der Waals surface area contributed by atoms with E-state index in [0.29, 0.717) is 6.54 Å². The van der Waals surface area contributed by atoms with Crippen molar-refractivity contribution < 1.29 is 4.74 Å². The van der Waals surface area contributed by atoms with Gasteiger partial charge in [-0.05, 0) is 24.5 Å². The summed E-state index contributed by atoms with van der Waals surface area (Å²) in [5.74, 6) is 0.891. The Balaban J connectivity index is 1.76. The molecule has 0 bridgehead atoms. The second-order valence-corrected chi connectivity index (χ2v) is 4.44. The van der Waals surface area contributed by atoms with E-state index in [2.05, 4.69) is 4.98 Å². The first-order valence-electron chi connectivity index (χ1n) is 6.12. The second-order valence-electron chi connectivity index (χ2n) is 4.44. The highest BCUT2D eigenvalue weighted by atomic mass is 16.5. The minimum Gasteiger partial charge on any atom is -0.371 e. The summed E-state index contributed by atoms with van der Waals surface area (Å²) in [6.07, 6.45) is 7.06. The van der Waals surface area contributed by atoms with Crippen LogP contribution in [0.5, 0.6) is 0 Å². The largest absolute Gasteiger partial charge is 0.371 e. The zero-order chi connectivity index (χ0) is 11.2. The number of pyridine rings is 1. The van der Waals surface area contributed by atoms with Crippen LogP contribution in [-0.2, 0) is 4.74 Å². The number of ether oxygens (including phenoxy) is 1. The van der Waals surface area contributed by atoms with Crippen molar-refractivity contribution in [3.8, 4) is 0 Å². The van der Waals surface area contributed by atoms with Gasteiger partial charge in [0, 0.05) is 19.3 Å². The Hall–Kier alpha value is -0.930. The third-order valence-corrected chi connectivity index (χ3v) is 3.30. The Labute approximate surface area is 97.0 Å². The van der Waals surface area contributed by atoms with E-state index in [0.717, 1.165) is 18.2 Å². The number of hydrogen-bond donors (Lipinski definition) is 1. The molecule has 0 amide bonds. The van der Waals surface area contributed by atoms with Crippen LogP contribution in [0.15, 0.2) is 24.4 Å². The summed E-state index contributed by atoms with van der Waals surface area (Å²) in [7, 11) is 0. The predicted molar refractivity (Wildman–Crippen MR) is 63.9 cm³/mol. The molecule has 1 saturated carbocycles. The summed E-state index contributed by atoms with van der Waals surface area (Å²) >= 11 is 0. The average Bonchev–Trinajstić information content (AvgIpc) is 2.28. The Morgan fingerprint density at radius 1 is 1.44 bits per heavy atom. The summed E-state index contributed by atoms with van der Waals surface area (Å²) in [5.41, 5.74) is 6.65. The Morgan fingerprint density at radius 3 is 2.88 bits per heavy atom. The standard InChI is InChI=1S/C13H20N2O/c14-10-13(12-6-1-2-8-15-12)16-9-7-11-4-3-5-11/h1-2,6,8,11,13H,3-5,7,9-10,14H2. The van der Waals surface area contributed by atoms with Gasteiger partial charge in [0.15, 0.2) is 0 Å². The molecule has 1 aromatic rings. The summed E-state index contributed by atoms with van der Waals surface area (Å²) in [6.45, 7) is 1.31. The van der Waals surface area contributed by atoms with Crippen LogP contribution in [0, 0.1) is 5.92 Å². The molecule has 1 aliphatic rings. The van der Waals surface area contributed by atoms with Crippen LogP contribution in [0.4, 0.5) is 0 Å². The highest BCUT2D eigenvalue weighted by Crippen LogP contribution is 2.29. The fraction of sp³-hybridized carbons (Fsp3) is 0.615. The van der Waals surface area contributed by atoms with Gasteiger partial charge < -0.3 is 10.5 Å². The quantitative estimate of drug-likeness (QED) is 0.800. The zero-order valence-electron chi connectivity index (χ0n) is 9.64. The molecule has 0 spiro atoms. The van der Waals surface area contributed by atoms with E-state index in [1.165, 1.54) is 25.7 Å². The van der Waals surface area contributed by atoms with E-state index < -0.39 is 0 Å². The molecule has 0 aromatic carbocycles. The van der Waals surface area contributed by atoms with Crippen molar-refractivity contribution in [1.29, 1.82) is 0 Å². The zero-order valence-corrected chi connectivity index (χ0v) is 9.64. The van der Waals surface area contributed by atoms with Gasteiger partial charge in [0.2, 0.25) is 0 Å². The van der Waals surface area contributed by atoms with E-state index in [4.69, 9.17) is 10.5 Å². The number of nitrogens with zero attached hydrogens (tertiary/aromatic N) is 1. The Bertz CT molecular complexity index is 298. The molecule has 1 aliphatic carbocycles.